The molecule has 1 saturated carbocycles. The van der Waals surface area contributed by atoms with Gasteiger partial charge in [0.2, 0.25) is 0 Å². The summed E-state index contributed by atoms with van der Waals surface area (Å²) >= 11 is 0. The lowest BCUT2D eigenvalue weighted by Crippen LogP contribution is -2.35. The summed E-state index contributed by atoms with van der Waals surface area (Å²) in [6.07, 6.45) is 4.95. The zero-order valence-electron chi connectivity index (χ0n) is 23.3. The van der Waals surface area contributed by atoms with E-state index in [1.54, 1.807) is 63.9 Å². The first-order chi connectivity index (χ1) is 19.1. The molecule has 3 atom stereocenters. The van der Waals surface area contributed by atoms with Crippen molar-refractivity contribution in [1.29, 1.82) is 0 Å². The maximum absolute atomic E-state index is 13.4. The Balaban J connectivity index is 1.53. The minimum absolute atomic E-state index is 0.0281. The largest absolute Gasteiger partial charge is 0.443 e. The van der Waals surface area contributed by atoms with Crippen molar-refractivity contribution in [1.82, 2.24) is 24.5 Å². The molecule has 1 saturated heterocycles. The monoisotopic (exact) mass is 553 g/mol. The number of nitrogens with one attached hydrogen (secondary N) is 2. The first kappa shape index (κ1) is 27.6. The average molecular weight is 554 g/mol. The fourth-order valence-corrected chi connectivity index (χ4v) is 4.64. The number of hydrogen-bond donors (Lipinski definition) is 2. The molecule has 2 fully saturated rings. The highest BCUT2D eigenvalue weighted by Gasteiger charge is 2.39. The molecule has 3 aromatic heterocycles. The smallest absolute Gasteiger partial charge is 0.415 e. The van der Waals surface area contributed by atoms with Crippen molar-refractivity contribution in [2.75, 3.05) is 37.6 Å². The number of anilines is 3. The van der Waals surface area contributed by atoms with Gasteiger partial charge in [0.15, 0.2) is 5.65 Å². The minimum atomic E-state index is -0.728. The molecule has 1 aliphatic carbocycles. The number of rotatable bonds is 7. The highest BCUT2D eigenvalue weighted by Crippen LogP contribution is 2.27. The topological polar surface area (TPSA) is 141 Å². The fourth-order valence-electron chi connectivity index (χ4n) is 4.64. The third-order valence-corrected chi connectivity index (χ3v) is 6.83. The van der Waals surface area contributed by atoms with Crippen LogP contribution in [-0.4, -0.2) is 76.3 Å². The Morgan fingerprint density at radius 3 is 2.75 bits per heavy atom. The highest BCUT2D eigenvalue weighted by molar-refractivity contribution is 6.01. The van der Waals surface area contributed by atoms with Crippen LogP contribution in [0.25, 0.3) is 5.65 Å². The van der Waals surface area contributed by atoms with Crippen molar-refractivity contribution in [3.05, 3.63) is 46.5 Å². The number of fused-ring (bicyclic) bond motifs is 1. The normalized spacial score (nSPS) is 20.7. The summed E-state index contributed by atoms with van der Waals surface area (Å²) in [7, 11) is 3.14. The van der Waals surface area contributed by atoms with E-state index in [2.05, 4.69) is 20.7 Å². The van der Waals surface area contributed by atoms with Crippen LogP contribution in [0.2, 0.25) is 0 Å². The van der Waals surface area contributed by atoms with Gasteiger partial charge in [-0.15, -0.1) is 0 Å². The van der Waals surface area contributed by atoms with Gasteiger partial charge in [0.05, 0.1) is 31.0 Å². The Bertz CT molecular complexity index is 1470. The van der Waals surface area contributed by atoms with Gasteiger partial charge in [-0.3, -0.25) is 14.5 Å². The van der Waals surface area contributed by atoms with Crippen molar-refractivity contribution in [3.63, 3.8) is 0 Å². The van der Waals surface area contributed by atoms with Crippen LogP contribution in [0, 0.1) is 0 Å². The SMILES string of the molecule is COC1CC1NC(=O)c1cnn2c(N(C)C(=O)OC(C)(C)C)cc(Nc3cccn([C@H]4CCCOC4)c3=O)nc12. The second-order valence-electron chi connectivity index (χ2n) is 11.1. The lowest BCUT2D eigenvalue weighted by molar-refractivity contribution is 0.0580. The lowest BCUT2D eigenvalue weighted by atomic mass is 10.1. The molecule has 13 nitrogen and oxygen atoms in total. The summed E-state index contributed by atoms with van der Waals surface area (Å²) in [5.74, 6) is 0.178. The first-order valence-corrected chi connectivity index (χ1v) is 13.3. The van der Waals surface area contributed by atoms with Gasteiger partial charge in [0.1, 0.15) is 28.5 Å². The Morgan fingerprint density at radius 1 is 1.27 bits per heavy atom. The van der Waals surface area contributed by atoms with Crippen LogP contribution in [0.3, 0.4) is 0 Å². The standard InChI is InChI=1S/C27H35N7O6/c1-27(2,3)40-26(37)32(4)22-13-21(29-18-9-6-10-33(25(18)36)16-8-7-11-39-15-16)31-23-17(14-28-34(22)23)24(35)30-19-12-20(19)38-5/h6,9-10,13-14,16,19-20H,7-8,11-12,15H2,1-5H3,(H,29,31)(H,30,35)/t16-,19?,20?/m0/s1. The van der Waals surface area contributed by atoms with E-state index in [1.807, 2.05) is 0 Å². The molecule has 40 heavy (non-hydrogen) atoms. The number of pyridine rings is 1. The second kappa shape index (κ2) is 10.9. The van der Waals surface area contributed by atoms with Crippen molar-refractivity contribution in [2.45, 2.75) is 63.8 Å². The predicted molar refractivity (Wildman–Crippen MR) is 147 cm³/mol. The van der Waals surface area contributed by atoms with E-state index in [9.17, 15) is 14.4 Å². The Kier molecular flexibility index (Phi) is 7.51. The molecule has 3 aromatic rings. The Labute approximate surface area is 231 Å². The molecule has 0 radical (unpaired) electrons. The highest BCUT2D eigenvalue weighted by atomic mass is 16.6. The van der Waals surface area contributed by atoms with Gasteiger partial charge < -0.3 is 29.4 Å². The van der Waals surface area contributed by atoms with Crippen LogP contribution < -0.4 is 21.1 Å². The molecule has 2 aliphatic rings. The molecule has 4 heterocycles. The molecule has 0 spiro atoms. The summed E-state index contributed by atoms with van der Waals surface area (Å²) in [6.45, 7) is 6.47. The molecule has 0 bridgehead atoms. The van der Waals surface area contributed by atoms with Crippen LogP contribution in [0.4, 0.5) is 22.1 Å². The third-order valence-electron chi connectivity index (χ3n) is 6.83. The van der Waals surface area contributed by atoms with E-state index < -0.39 is 11.7 Å². The zero-order chi connectivity index (χ0) is 28.6. The van der Waals surface area contributed by atoms with Crippen molar-refractivity contribution in [2.24, 2.45) is 0 Å². The number of aromatic nitrogens is 4. The molecule has 13 heteroatoms. The summed E-state index contributed by atoms with van der Waals surface area (Å²) < 4.78 is 19.5. The molecular formula is C27H35N7O6. The van der Waals surface area contributed by atoms with Gasteiger partial charge in [-0.05, 0) is 52.2 Å². The average Bonchev–Trinajstić information content (AvgIpc) is 3.53. The summed E-state index contributed by atoms with van der Waals surface area (Å²) in [6, 6.07) is 4.87. The number of amides is 2. The molecular weight excluding hydrogens is 518 g/mol. The maximum atomic E-state index is 13.4. The summed E-state index contributed by atoms with van der Waals surface area (Å²) in [4.78, 5) is 45.4. The van der Waals surface area contributed by atoms with Crippen molar-refractivity contribution in [3.8, 4) is 0 Å². The second-order valence-corrected chi connectivity index (χ2v) is 11.1. The van der Waals surface area contributed by atoms with E-state index in [-0.39, 0.29) is 46.7 Å². The Morgan fingerprint density at radius 2 is 2.08 bits per heavy atom. The molecule has 1 aliphatic heterocycles. The minimum Gasteiger partial charge on any atom is -0.443 e. The lowest BCUT2D eigenvalue weighted by Gasteiger charge is -2.25. The molecule has 2 amide bonds. The van der Waals surface area contributed by atoms with E-state index >= 15 is 0 Å². The van der Waals surface area contributed by atoms with Crippen LogP contribution in [0.15, 0.2) is 35.4 Å². The van der Waals surface area contributed by atoms with Gasteiger partial charge in [-0.1, -0.05) is 0 Å². The van der Waals surface area contributed by atoms with E-state index in [4.69, 9.17) is 14.2 Å². The molecule has 2 unspecified atom stereocenters. The molecule has 214 valence electrons. The molecule has 0 aromatic carbocycles. The maximum Gasteiger partial charge on any atom is 0.415 e. The van der Waals surface area contributed by atoms with E-state index in [0.717, 1.165) is 19.3 Å². The number of carbonyl (C=O) groups is 2. The number of ether oxygens (including phenoxy) is 3. The summed E-state index contributed by atoms with van der Waals surface area (Å²) in [5.41, 5.74) is -0.239. The van der Waals surface area contributed by atoms with Gasteiger partial charge in [-0.25, -0.2) is 9.78 Å². The Hall–Kier alpha value is -3.97. The van der Waals surface area contributed by atoms with Crippen LogP contribution in [-0.2, 0) is 14.2 Å². The van der Waals surface area contributed by atoms with E-state index in [1.165, 1.54) is 15.6 Å². The number of carbonyl (C=O) groups excluding carboxylic acids is 2. The first-order valence-electron chi connectivity index (χ1n) is 13.3. The number of methoxy groups -OCH3 is 1. The van der Waals surface area contributed by atoms with Crippen LogP contribution in [0.1, 0.15) is 56.4 Å². The fraction of sp³-hybridized carbons (Fsp3) is 0.519. The zero-order valence-corrected chi connectivity index (χ0v) is 23.3. The molecule has 2 N–H and O–H groups in total. The van der Waals surface area contributed by atoms with Crippen LogP contribution in [0.5, 0.6) is 0 Å². The third kappa shape index (κ3) is 5.80. The van der Waals surface area contributed by atoms with Gasteiger partial charge in [0, 0.05) is 33.0 Å². The van der Waals surface area contributed by atoms with Gasteiger partial charge in [0.25, 0.3) is 11.5 Å². The summed E-state index contributed by atoms with van der Waals surface area (Å²) in [5, 5.41) is 10.4. The van der Waals surface area contributed by atoms with Gasteiger partial charge >= 0.3 is 6.09 Å². The van der Waals surface area contributed by atoms with Gasteiger partial charge in [-0.2, -0.15) is 9.61 Å². The van der Waals surface area contributed by atoms with E-state index in [0.29, 0.717) is 24.7 Å². The number of hydrogen-bond acceptors (Lipinski definition) is 9. The quantitative estimate of drug-likeness (QED) is 0.452. The van der Waals surface area contributed by atoms with Crippen molar-refractivity contribution < 1.29 is 23.8 Å². The predicted octanol–water partition coefficient (Wildman–Crippen LogP) is 2.87. The number of nitrogens with zero attached hydrogens (tertiary/aromatic N) is 5. The molecule has 5 rings (SSSR count). The van der Waals surface area contributed by atoms with Crippen LogP contribution >= 0.6 is 0 Å². The van der Waals surface area contributed by atoms with Crippen molar-refractivity contribution >= 4 is 35.0 Å².